The molecule has 0 aromatic heterocycles. The molecule has 0 aliphatic carbocycles. The van der Waals surface area contributed by atoms with Gasteiger partial charge >= 0.3 is 6.18 Å². The van der Waals surface area contributed by atoms with E-state index in [1.807, 2.05) is 6.92 Å². The summed E-state index contributed by atoms with van der Waals surface area (Å²) in [6.07, 6.45) is -5.81. The van der Waals surface area contributed by atoms with Crippen LogP contribution in [0.5, 0.6) is 0 Å². The molecule has 1 fully saturated rings. The summed E-state index contributed by atoms with van der Waals surface area (Å²) in [5, 5.41) is 0. The highest BCUT2D eigenvalue weighted by Gasteiger charge is 2.45. The van der Waals surface area contributed by atoms with Crippen LogP contribution in [0.4, 0.5) is 13.2 Å². The van der Waals surface area contributed by atoms with Crippen LogP contribution < -0.4 is 0 Å². The predicted molar refractivity (Wildman–Crippen MR) is 57.7 cm³/mol. The minimum absolute atomic E-state index is 0.261. The summed E-state index contributed by atoms with van der Waals surface area (Å²) in [5.74, 6) is 1.49. The molecule has 0 spiro atoms. The summed E-state index contributed by atoms with van der Waals surface area (Å²) in [4.78, 5) is 0. The van der Waals surface area contributed by atoms with E-state index in [2.05, 4.69) is 0 Å². The van der Waals surface area contributed by atoms with Crippen LogP contribution in [0.25, 0.3) is 0 Å². The highest BCUT2D eigenvalue weighted by Crippen LogP contribution is 2.29. The number of hydrogen-bond donors (Lipinski definition) is 0. The normalized spacial score (nSPS) is 31.7. The summed E-state index contributed by atoms with van der Waals surface area (Å²) in [6, 6.07) is 0. The Hall–Kier alpha value is 0.0600. The second kappa shape index (κ2) is 6.12. The Kier molecular flexibility index (Phi) is 5.40. The van der Waals surface area contributed by atoms with E-state index in [9.17, 15) is 13.2 Å². The third kappa shape index (κ3) is 4.14. The van der Waals surface area contributed by atoms with E-state index in [0.717, 1.165) is 12.2 Å². The van der Waals surface area contributed by atoms with Gasteiger partial charge in [0.2, 0.25) is 0 Å². The monoisotopic (exact) mass is 258 g/mol. The van der Waals surface area contributed by atoms with Gasteiger partial charge in [-0.2, -0.15) is 24.9 Å². The fourth-order valence-corrected chi connectivity index (χ4v) is 2.43. The number of rotatable bonds is 4. The maximum absolute atomic E-state index is 12.4. The number of ether oxygens (including phenoxy) is 2. The van der Waals surface area contributed by atoms with E-state index < -0.39 is 18.4 Å². The summed E-state index contributed by atoms with van der Waals surface area (Å²) in [5.41, 5.74) is 0. The standard InChI is InChI=1S/C10H17F3O2S/c1-3-4-16-6-8-7(2)14-5-9(15-8)10(11,12)13/h7-9H,3-6H2,1-2H3. The molecular weight excluding hydrogens is 241 g/mol. The quantitative estimate of drug-likeness (QED) is 0.722. The van der Waals surface area contributed by atoms with Crippen LogP contribution in [-0.4, -0.2) is 42.6 Å². The fraction of sp³-hybridized carbons (Fsp3) is 1.00. The van der Waals surface area contributed by atoms with Crippen molar-refractivity contribution in [3.05, 3.63) is 0 Å². The van der Waals surface area contributed by atoms with Crippen LogP contribution in [-0.2, 0) is 9.47 Å². The molecule has 0 amide bonds. The first-order chi connectivity index (χ1) is 7.45. The summed E-state index contributed by atoms with van der Waals surface area (Å²) < 4.78 is 47.4. The SMILES string of the molecule is CCCSCC1OC(C(F)(F)F)COC1C. The Morgan fingerprint density at radius 1 is 1.38 bits per heavy atom. The van der Waals surface area contributed by atoms with E-state index in [-0.39, 0.29) is 12.7 Å². The molecular formula is C10H17F3O2S. The second-order valence-corrected chi connectivity index (χ2v) is 4.97. The molecule has 0 radical (unpaired) electrons. The highest BCUT2D eigenvalue weighted by atomic mass is 32.2. The topological polar surface area (TPSA) is 18.5 Å². The van der Waals surface area contributed by atoms with Crippen molar-refractivity contribution in [3.8, 4) is 0 Å². The van der Waals surface area contributed by atoms with E-state index in [0.29, 0.717) is 5.75 Å². The Morgan fingerprint density at radius 3 is 2.62 bits per heavy atom. The number of hydrogen-bond acceptors (Lipinski definition) is 3. The maximum atomic E-state index is 12.4. The lowest BCUT2D eigenvalue weighted by Gasteiger charge is -2.35. The van der Waals surface area contributed by atoms with Gasteiger partial charge in [0.15, 0.2) is 6.10 Å². The molecule has 0 N–H and O–H groups in total. The molecule has 3 atom stereocenters. The van der Waals surface area contributed by atoms with Crippen LogP contribution >= 0.6 is 11.8 Å². The van der Waals surface area contributed by atoms with Crippen LogP contribution in [0.1, 0.15) is 20.3 Å². The molecule has 1 aliphatic rings. The zero-order valence-corrected chi connectivity index (χ0v) is 10.2. The fourth-order valence-electron chi connectivity index (χ4n) is 1.40. The van der Waals surface area contributed by atoms with Crippen LogP contribution in [0.15, 0.2) is 0 Å². The average Bonchev–Trinajstić information content (AvgIpc) is 2.19. The molecule has 6 heteroatoms. The average molecular weight is 258 g/mol. The Balaban J connectivity index is 2.42. The van der Waals surface area contributed by atoms with Crippen molar-refractivity contribution in [1.29, 1.82) is 0 Å². The van der Waals surface area contributed by atoms with Gasteiger partial charge in [-0.1, -0.05) is 6.92 Å². The van der Waals surface area contributed by atoms with Gasteiger partial charge in [0, 0.05) is 5.75 Å². The number of halogens is 3. The summed E-state index contributed by atoms with van der Waals surface area (Å²) in [7, 11) is 0. The lowest BCUT2D eigenvalue weighted by atomic mass is 10.2. The predicted octanol–water partition coefficient (Wildman–Crippen LogP) is 2.86. The molecule has 1 aliphatic heterocycles. The second-order valence-electron chi connectivity index (χ2n) is 3.82. The third-order valence-corrected chi connectivity index (χ3v) is 3.63. The van der Waals surface area contributed by atoms with Gasteiger partial charge in [-0.05, 0) is 19.1 Å². The van der Waals surface area contributed by atoms with E-state index in [1.54, 1.807) is 18.7 Å². The van der Waals surface area contributed by atoms with Gasteiger partial charge in [-0.25, -0.2) is 0 Å². The van der Waals surface area contributed by atoms with Crippen LogP contribution in [0.2, 0.25) is 0 Å². The van der Waals surface area contributed by atoms with Gasteiger partial charge in [-0.15, -0.1) is 0 Å². The third-order valence-electron chi connectivity index (χ3n) is 2.37. The minimum atomic E-state index is -4.33. The first-order valence-corrected chi connectivity index (χ1v) is 6.52. The van der Waals surface area contributed by atoms with E-state index >= 15 is 0 Å². The largest absolute Gasteiger partial charge is 0.416 e. The minimum Gasteiger partial charge on any atom is -0.373 e. The Morgan fingerprint density at radius 2 is 2.06 bits per heavy atom. The van der Waals surface area contributed by atoms with Gasteiger partial charge in [0.25, 0.3) is 0 Å². The first-order valence-electron chi connectivity index (χ1n) is 5.36. The molecule has 1 heterocycles. The van der Waals surface area contributed by atoms with Crippen LogP contribution in [0.3, 0.4) is 0 Å². The van der Waals surface area contributed by atoms with E-state index in [4.69, 9.17) is 9.47 Å². The van der Waals surface area contributed by atoms with Crippen molar-refractivity contribution in [2.45, 2.75) is 44.8 Å². The molecule has 0 bridgehead atoms. The lowest BCUT2D eigenvalue weighted by Crippen LogP contribution is -2.49. The summed E-state index contributed by atoms with van der Waals surface area (Å²) in [6.45, 7) is 3.40. The van der Waals surface area contributed by atoms with Crippen molar-refractivity contribution in [2.24, 2.45) is 0 Å². The van der Waals surface area contributed by atoms with Crippen LogP contribution in [0, 0.1) is 0 Å². The zero-order chi connectivity index (χ0) is 12.2. The smallest absolute Gasteiger partial charge is 0.373 e. The zero-order valence-electron chi connectivity index (χ0n) is 9.42. The molecule has 3 unspecified atom stereocenters. The van der Waals surface area contributed by atoms with Crippen molar-refractivity contribution in [2.75, 3.05) is 18.1 Å². The molecule has 0 saturated carbocycles. The summed E-state index contributed by atoms with van der Waals surface area (Å²) >= 11 is 1.60. The van der Waals surface area contributed by atoms with Crippen molar-refractivity contribution < 1.29 is 22.6 Å². The molecule has 1 saturated heterocycles. The Bertz CT molecular complexity index is 211. The maximum Gasteiger partial charge on any atom is 0.416 e. The molecule has 96 valence electrons. The van der Waals surface area contributed by atoms with Gasteiger partial charge < -0.3 is 9.47 Å². The molecule has 16 heavy (non-hydrogen) atoms. The molecule has 1 rings (SSSR count). The first kappa shape index (κ1) is 14.1. The molecule has 2 nitrogen and oxygen atoms in total. The molecule has 0 aromatic rings. The van der Waals surface area contributed by atoms with Gasteiger partial charge in [0.1, 0.15) is 0 Å². The number of thioether (sulfide) groups is 1. The lowest BCUT2D eigenvalue weighted by molar-refractivity contribution is -0.282. The Labute approximate surface area is 97.9 Å². The van der Waals surface area contributed by atoms with Gasteiger partial charge in [-0.3, -0.25) is 0 Å². The number of alkyl halides is 3. The van der Waals surface area contributed by atoms with Crippen molar-refractivity contribution in [3.63, 3.8) is 0 Å². The van der Waals surface area contributed by atoms with E-state index in [1.165, 1.54) is 0 Å². The van der Waals surface area contributed by atoms with Crippen molar-refractivity contribution in [1.82, 2.24) is 0 Å². The van der Waals surface area contributed by atoms with Gasteiger partial charge in [0.05, 0.1) is 18.8 Å². The van der Waals surface area contributed by atoms with Crippen molar-refractivity contribution >= 4 is 11.8 Å². The highest BCUT2D eigenvalue weighted by molar-refractivity contribution is 7.99. The molecule has 0 aromatic carbocycles.